The summed E-state index contributed by atoms with van der Waals surface area (Å²) in [4.78, 5) is 31.9. The van der Waals surface area contributed by atoms with Gasteiger partial charge in [0.15, 0.2) is 0 Å². The summed E-state index contributed by atoms with van der Waals surface area (Å²) in [6.07, 6.45) is 6.31. The molecule has 4 rings (SSSR count). The number of aromatic nitrogens is 4. The largest absolute Gasteiger partial charge is 0.353 e. The SMILES string of the molecule is CCC1CCCCN1c1ccn2c(=O)n(CC(=O)NCc3ccc(C)cc3)nc2n1. The first-order valence-corrected chi connectivity index (χ1v) is 10.6. The van der Waals surface area contributed by atoms with E-state index in [-0.39, 0.29) is 18.1 Å². The summed E-state index contributed by atoms with van der Waals surface area (Å²) in [5.41, 5.74) is 1.82. The quantitative estimate of drug-likeness (QED) is 0.676. The molecule has 158 valence electrons. The standard InChI is InChI=1S/C22H28N6O2/c1-3-18-6-4-5-12-26(18)19-11-13-27-21(24-19)25-28(22(27)30)15-20(29)23-14-17-9-7-16(2)8-10-17/h7-11,13,18H,3-6,12,14-15H2,1-2H3,(H,23,29). The number of rotatable bonds is 6. The Morgan fingerprint density at radius 3 is 2.77 bits per heavy atom. The van der Waals surface area contributed by atoms with Crippen molar-refractivity contribution in [2.75, 3.05) is 11.4 Å². The Morgan fingerprint density at radius 2 is 2.00 bits per heavy atom. The molecule has 0 radical (unpaired) electrons. The van der Waals surface area contributed by atoms with E-state index < -0.39 is 0 Å². The summed E-state index contributed by atoms with van der Waals surface area (Å²) in [6.45, 7) is 5.46. The second-order valence-electron chi connectivity index (χ2n) is 7.91. The Morgan fingerprint density at radius 1 is 1.20 bits per heavy atom. The van der Waals surface area contributed by atoms with Gasteiger partial charge in [-0.15, -0.1) is 5.10 Å². The van der Waals surface area contributed by atoms with E-state index in [0.717, 1.165) is 37.2 Å². The molecule has 1 amide bonds. The van der Waals surface area contributed by atoms with Crippen molar-refractivity contribution in [2.45, 2.75) is 58.7 Å². The zero-order valence-corrected chi connectivity index (χ0v) is 17.5. The van der Waals surface area contributed by atoms with E-state index in [9.17, 15) is 9.59 Å². The van der Waals surface area contributed by atoms with Gasteiger partial charge >= 0.3 is 5.69 Å². The van der Waals surface area contributed by atoms with E-state index in [4.69, 9.17) is 0 Å². The average molecular weight is 409 g/mol. The van der Waals surface area contributed by atoms with E-state index in [2.05, 4.69) is 27.2 Å². The summed E-state index contributed by atoms with van der Waals surface area (Å²) in [5, 5.41) is 7.13. The molecule has 30 heavy (non-hydrogen) atoms. The molecule has 8 nitrogen and oxygen atoms in total. The third kappa shape index (κ3) is 4.22. The number of aryl methyl sites for hydroxylation is 1. The predicted molar refractivity (Wildman–Crippen MR) is 116 cm³/mol. The van der Waals surface area contributed by atoms with Crippen LogP contribution in [0.15, 0.2) is 41.3 Å². The first-order valence-electron chi connectivity index (χ1n) is 10.6. The van der Waals surface area contributed by atoms with Crippen LogP contribution in [0.25, 0.3) is 5.78 Å². The highest BCUT2D eigenvalue weighted by Gasteiger charge is 2.23. The molecule has 1 saturated heterocycles. The highest BCUT2D eigenvalue weighted by Crippen LogP contribution is 2.24. The van der Waals surface area contributed by atoms with Crippen molar-refractivity contribution < 1.29 is 4.79 Å². The molecule has 0 bridgehead atoms. The van der Waals surface area contributed by atoms with Crippen molar-refractivity contribution in [3.8, 4) is 0 Å². The first kappa shape index (κ1) is 20.1. The molecule has 2 aromatic heterocycles. The second kappa shape index (κ2) is 8.69. The molecule has 1 aliphatic rings. The minimum Gasteiger partial charge on any atom is -0.353 e. The van der Waals surface area contributed by atoms with Crippen LogP contribution < -0.4 is 15.9 Å². The van der Waals surface area contributed by atoms with Crippen molar-refractivity contribution in [2.24, 2.45) is 0 Å². The average Bonchev–Trinajstić information content (AvgIpc) is 3.07. The Balaban J connectivity index is 1.48. The van der Waals surface area contributed by atoms with Gasteiger partial charge in [0.05, 0.1) is 0 Å². The lowest BCUT2D eigenvalue weighted by atomic mass is 10.0. The molecular weight excluding hydrogens is 380 g/mol. The van der Waals surface area contributed by atoms with Crippen LogP contribution >= 0.6 is 0 Å². The van der Waals surface area contributed by atoms with Gasteiger partial charge in [-0.3, -0.25) is 4.79 Å². The Kier molecular flexibility index (Phi) is 5.83. The fourth-order valence-electron chi connectivity index (χ4n) is 3.98. The maximum atomic E-state index is 12.6. The van der Waals surface area contributed by atoms with Gasteiger partial charge in [0.25, 0.3) is 5.78 Å². The van der Waals surface area contributed by atoms with Gasteiger partial charge < -0.3 is 10.2 Å². The molecular formula is C22H28N6O2. The van der Waals surface area contributed by atoms with Crippen LogP contribution in [0.3, 0.4) is 0 Å². The minimum atomic E-state index is -0.361. The maximum absolute atomic E-state index is 12.6. The highest BCUT2D eigenvalue weighted by atomic mass is 16.2. The minimum absolute atomic E-state index is 0.134. The lowest BCUT2D eigenvalue weighted by Gasteiger charge is -2.36. The Labute approximate surface area is 175 Å². The van der Waals surface area contributed by atoms with E-state index in [0.29, 0.717) is 18.4 Å². The van der Waals surface area contributed by atoms with Crippen LogP contribution in [0.4, 0.5) is 5.82 Å². The zero-order chi connectivity index (χ0) is 21.1. The number of carbonyl (C=O) groups is 1. The third-order valence-corrected chi connectivity index (χ3v) is 5.74. The van der Waals surface area contributed by atoms with Crippen LogP contribution in [0.2, 0.25) is 0 Å². The van der Waals surface area contributed by atoms with Crippen molar-refractivity contribution >= 4 is 17.5 Å². The maximum Gasteiger partial charge on any atom is 0.352 e. The monoisotopic (exact) mass is 408 g/mol. The molecule has 0 spiro atoms. The predicted octanol–water partition coefficient (Wildman–Crippen LogP) is 2.28. The van der Waals surface area contributed by atoms with E-state index in [1.165, 1.54) is 21.1 Å². The number of nitrogens with one attached hydrogen (secondary N) is 1. The van der Waals surface area contributed by atoms with Gasteiger partial charge in [-0.25, -0.2) is 13.9 Å². The number of anilines is 1. The number of piperidine rings is 1. The number of nitrogens with zero attached hydrogens (tertiary/aromatic N) is 5. The van der Waals surface area contributed by atoms with Gasteiger partial charge in [0, 0.05) is 25.3 Å². The molecule has 1 aromatic carbocycles. The molecule has 1 N–H and O–H groups in total. The Hall–Kier alpha value is -3.16. The molecule has 0 aliphatic carbocycles. The van der Waals surface area contributed by atoms with Crippen molar-refractivity contribution in [3.63, 3.8) is 0 Å². The van der Waals surface area contributed by atoms with Gasteiger partial charge in [0.1, 0.15) is 12.4 Å². The van der Waals surface area contributed by atoms with Crippen LogP contribution in [-0.2, 0) is 17.9 Å². The fraction of sp³-hybridized carbons (Fsp3) is 0.455. The second-order valence-corrected chi connectivity index (χ2v) is 7.91. The smallest absolute Gasteiger partial charge is 0.352 e. The number of hydrogen-bond acceptors (Lipinski definition) is 5. The van der Waals surface area contributed by atoms with Crippen LogP contribution in [-0.4, -0.2) is 37.7 Å². The molecule has 1 aliphatic heterocycles. The molecule has 3 aromatic rings. The summed E-state index contributed by atoms with van der Waals surface area (Å²) < 4.78 is 2.56. The van der Waals surface area contributed by atoms with Crippen LogP contribution in [0.5, 0.6) is 0 Å². The number of hydrogen-bond donors (Lipinski definition) is 1. The van der Waals surface area contributed by atoms with Crippen LogP contribution in [0, 0.1) is 6.92 Å². The molecule has 8 heteroatoms. The molecule has 3 heterocycles. The number of amides is 1. The van der Waals surface area contributed by atoms with Gasteiger partial charge in [-0.05, 0) is 44.2 Å². The summed E-state index contributed by atoms with van der Waals surface area (Å²) in [5.74, 6) is 0.905. The number of carbonyl (C=O) groups excluding carboxylic acids is 1. The zero-order valence-electron chi connectivity index (χ0n) is 17.5. The Bertz CT molecular complexity index is 1090. The van der Waals surface area contributed by atoms with E-state index in [1.54, 1.807) is 6.20 Å². The summed E-state index contributed by atoms with van der Waals surface area (Å²) >= 11 is 0. The summed E-state index contributed by atoms with van der Waals surface area (Å²) in [6, 6.07) is 10.3. The molecule has 1 fully saturated rings. The molecule has 0 saturated carbocycles. The lowest BCUT2D eigenvalue weighted by molar-refractivity contribution is -0.122. The van der Waals surface area contributed by atoms with E-state index in [1.807, 2.05) is 37.3 Å². The number of fused-ring (bicyclic) bond motifs is 1. The van der Waals surface area contributed by atoms with Crippen LogP contribution in [0.1, 0.15) is 43.7 Å². The normalized spacial score (nSPS) is 16.7. The van der Waals surface area contributed by atoms with Gasteiger partial charge in [-0.1, -0.05) is 36.8 Å². The van der Waals surface area contributed by atoms with Crippen molar-refractivity contribution in [1.29, 1.82) is 0 Å². The van der Waals surface area contributed by atoms with Crippen molar-refractivity contribution in [3.05, 3.63) is 58.1 Å². The molecule has 1 unspecified atom stereocenters. The first-order chi connectivity index (χ1) is 14.5. The topological polar surface area (TPSA) is 84.5 Å². The lowest BCUT2D eigenvalue weighted by Crippen LogP contribution is -2.39. The molecule has 1 atom stereocenters. The third-order valence-electron chi connectivity index (χ3n) is 5.74. The number of benzene rings is 1. The van der Waals surface area contributed by atoms with Crippen molar-refractivity contribution in [1.82, 2.24) is 24.5 Å². The highest BCUT2D eigenvalue weighted by molar-refractivity contribution is 5.75. The fourth-order valence-corrected chi connectivity index (χ4v) is 3.98. The van der Waals surface area contributed by atoms with Gasteiger partial charge in [0.2, 0.25) is 5.91 Å². The van der Waals surface area contributed by atoms with E-state index >= 15 is 0 Å². The van der Waals surface area contributed by atoms with Gasteiger partial charge in [-0.2, -0.15) is 4.98 Å². The summed E-state index contributed by atoms with van der Waals surface area (Å²) in [7, 11) is 0.